The molecule has 0 aliphatic rings. The van der Waals surface area contributed by atoms with Crippen molar-refractivity contribution < 1.29 is 14.6 Å². The van der Waals surface area contributed by atoms with E-state index in [2.05, 4.69) is 5.32 Å². The molecule has 100 valence electrons. The lowest BCUT2D eigenvalue weighted by atomic mass is 10.1. The van der Waals surface area contributed by atoms with Gasteiger partial charge in [-0.1, -0.05) is 18.2 Å². The van der Waals surface area contributed by atoms with Crippen LogP contribution in [0.5, 0.6) is 5.75 Å². The van der Waals surface area contributed by atoms with Crippen molar-refractivity contribution in [2.45, 2.75) is 38.8 Å². The fraction of sp³-hybridized carbons (Fsp3) is 0.500. The number of ether oxygens (including phenoxy) is 1. The van der Waals surface area contributed by atoms with E-state index in [1.54, 1.807) is 6.92 Å². The van der Waals surface area contributed by atoms with Gasteiger partial charge in [0.05, 0.1) is 19.1 Å². The van der Waals surface area contributed by atoms with Crippen molar-refractivity contribution in [1.82, 2.24) is 5.32 Å². The fourth-order valence-electron chi connectivity index (χ4n) is 1.70. The molecule has 0 heterocycles. The van der Waals surface area contributed by atoms with E-state index in [1.165, 1.54) is 0 Å². The maximum absolute atomic E-state index is 11.6. The number of carbonyl (C=O) groups excluding carboxylic acids is 1. The highest BCUT2D eigenvalue weighted by Gasteiger charge is 2.09. The molecule has 0 radical (unpaired) electrons. The Morgan fingerprint density at radius 2 is 2.00 bits per heavy atom. The molecular weight excluding hydrogens is 230 g/mol. The Balaban J connectivity index is 2.17. The van der Waals surface area contributed by atoms with E-state index in [-0.39, 0.29) is 11.9 Å². The van der Waals surface area contributed by atoms with Gasteiger partial charge < -0.3 is 15.2 Å². The summed E-state index contributed by atoms with van der Waals surface area (Å²) in [6.07, 6.45) is 0.477. The number of hydrogen-bond acceptors (Lipinski definition) is 3. The standard InChI is InChI=1S/C14H21NO3/c1-11(10-12(2)16)15-14(17)8-9-18-13-6-4-3-5-7-13/h3-7,11-12,16H,8-10H2,1-2H3,(H,15,17). The van der Waals surface area contributed by atoms with Crippen molar-refractivity contribution >= 4 is 5.91 Å². The third-order valence-corrected chi connectivity index (χ3v) is 2.44. The van der Waals surface area contributed by atoms with E-state index in [0.29, 0.717) is 19.4 Å². The van der Waals surface area contributed by atoms with Gasteiger partial charge in [-0.25, -0.2) is 0 Å². The molecule has 18 heavy (non-hydrogen) atoms. The van der Waals surface area contributed by atoms with E-state index in [9.17, 15) is 9.90 Å². The minimum Gasteiger partial charge on any atom is -0.493 e. The van der Waals surface area contributed by atoms with Crippen LogP contribution in [-0.2, 0) is 4.79 Å². The second kappa shape index (κ2) is 7.71. The van der Waals surface area contributed by atoms with Crippen molar-refractivity contribution in [3.05, 3.63) is 30.3 Å². The zero-order chi connectivity index (χ0) is 13.4. The van der Waals surface area contributed by atoms with Crippen LogP contribution in [0.25, 0.3) is 0 Å². The monoisotopic (exact) mass is 251 g/mol. The molecule has 0 spiro atoms. The Morgan fingerprint density at radius 1 is 1.33 bits per heavy atom. The molecule has 4 nitrogen and oxygen atoms in total. The largest absolute Gasteiger partial charge is 0.493 e. The smallest absolute Gasteiger partial charge is 0.223 e. The predicted molar refractivity (Wildman–Crippen MR) is 70.5 cm³/mol. The number of carbonyl (C=O) groups is 1. The van der Waals surface area contributed by atoms with Gasteiger partial charge in [-0.2, -0.15) is 0 Å². The molecular formula is C14H21NO3. The summed E-state index contributed by atoms with van der Waals surface area (Å²) in [5.74, 6) is 0.710. The van der Waals surface area contributed by atoms with E-state index in [0.717, 1.165) is 5.75 Å². The first-order valence-corrected chi connectivity index (χ1v) is 6.23. The number of rotatable bonds is 7. The third kappa shape index (κ3) is 6.25. The number of aliphatic hydroxyl groups excluding tert-OH is 1. The minimum atomic E-state index is -0.402. The van der Waals surface area contributed by atoms with Crippen LogP contribution in [0, 0.1) is 0 Å². The Bertz CT molecular complexity index is 351. The van der Waals surface area contributed by atoms with Crippen LogP contribution in [0.4, 0.5) is 0 Å². The van der Waals surface area contributed by atoms with E-state index in [1.807, 2.05) is 37.3 Å². The van der Waals surface area contributed by atoms with Gasteiger partial charge >= 0.3 is 0 Å². The van der Waals surface area contributed by atoms with Gasteiger partial charge in [0.25, 0.3) is 0 Å². The Kier molecular flexibility index (Phi) is 6.22. The first-order valence-electron chi connectivity index (χ1n) is 6.23. The molecule has 1 amide bonds. The zero-order valence-electron chi connectivity index (χ0n) is 10.9. The summed E-state index contributed by atoms with van der Waals surface area (Å²) >= 11 is 0. The lowest BCUT2D eigenvalue weighted by molar-refractivity contribution is -0.122. The maximum Gasteiger partial charge on any atom is 0.223 e. The van der Waals surface area contributed by atoms with Gasteiger partial charge in [0.1, 0.15) is 5.75 Å². The Labute approximate surface area is 108 Å². The highest BCUT2D eigenvalue weighted by Crippen LogP contribution is 2.08. The second-order valence-corrected chi connectivity index (χ2v) is 4.46. The van der Waals surface area contributed by atoms with E-state index in [4.69, 9.17) is 4.74 Å². The molecule has 1 rings (SSSR count). The van der Waals surface area contributed by atoms with Crippen LogP contribution in [0.3, 0.4) is 0 Å². The van der Waals surface area contributed by atoms with Crippen LogP contribution in [0.2, 0.25) is 0 Å². The first kappa shape index (κ1) is 14.5. The van der Waals surface area contributed by atoms with Gasteiger partial charge in [0.15, 0.2) is 0 Å². The third-order valence-electron chi connectivity index (χ3n) is 2.44. The van der Waals surface area contributed by atoms with Gasteiger partial charge in [-0.05, 0) is 32.4 Å². The van der Waals surface area contributed by atoms with Gasteiger partial charge in [-0.3, -0.25) is 4.79 Å². The topological polar surface area (TPSA) is 58.6 Å². The summed E-state index contributed by atoms with van der Waals surface area (Å²) < 4.78 is 5.43. The van der Waals surface area contributed by atoms with Gasteiger partial charge in [-0.15, -0.1) is 0 Å². The number of para-hydroxylation sites is 1. The average molecular weight is 251 g/mol. The van der Waals surface area contributed by atoms with Crippen LogP contribution < -0.4 is 10.1 Å². The molecule has 2 N–H and O–H groups in total. The van der Waals surface area contributed by atoms with Crippen molar-refractivity contribution in [2.24, 2.45) is 0 Å². The number of nitrogens with one attached hydrogen (secondary N) is 1. The van der Waals surface area contributed by atoms with Crippen LogP contribution in [-0.4, -0.2) is 29.8 Å². The zero-order valence-corrected chi connectivity index (χ0v) is 10.9. The maximum atomic E-state index is 11.6. The Hall–Kier alpha value is -1.55. The van der Waals surface area contributed by atoms with Crippen LogP contribution >= 0.6 is 0 Å². The highest BCUT2D eigenvalue weighted by atomic mass is 16.5. The van der Waals surface area contributed by atoms with Crippen LogP contribution in [0.1, 0.15) is 26.7 Å². The summed E-state index contributed by atoms with van der Waals surface area (Å²) in [6.45, 7) is 3.95. The molecule has 0 bridgehead atoms. The van der Waals surface area contributed by atoms with E-state index < -0.39 is 6.10 Å². The second-order valence-electron chi connectivity index (χ2n) is 4.46. The number of benzene rings is 1. The van der Waals surface area contributed by atoms with Crippen LogP contribution in [0.15, 0.2) is 30.3 Å². The molecule has 4 heteroatoms. The van der Waals surface area contributed by atoms with Crippen molar-refractivity contribution in [2.75, 3.05) is 6.61 Å². The minimum absolute atomic E-state index is 0.0192. The molecule has 0 saturated heterocycles. The summed E-state index contributed by atoms with van der Waals surface area (Å²) in [5.41, 5.74) is 0. The quantitative estimate of drug-likeness (QED) is 0.776. The lowest BCUT2D eigenvalue weighted by Crippen LogP contribution is -2.35. The summed E-state index contributed by atoms with van der Waals surface area (Å²) in [5, 5.41) is 12.0. The van der Waals surface area contributed by atoms with Crippen molar-refractivity contribution in [3.8, 4) is 5.75 Å². The molecule has 0 fully saturated rings. The normalized spacial score (nSPS) is 13.7. The SMILES string of the molecule is CC(O)CC(C)NC(=O)CCOc1ccccc1. The molecule has 2 atom stereocenters. The summed E-state index contributed by atoms with van der Waals surface area (Å²) in [6, 6.07) is 9.38. The van der Waals surface area contributed by atoms with Crippen molar-refractivity contribution in [3.63, 3.8) is 0 Å². The lowest BCUT2D eigenvalue weighted by Gasteiger charge is -2.15. The molecule has 0 saturated carbocycles. The fourth-order valence-corrected chi connectivity index (χ4v) is 1.70. The highest BCUT2D eigenvalue weighted by molar-refractivity contribution is 5.76. The Morgan fingerprint density at radius 3 is 2.61 bits per heavy atom. The summed E-state index contributed by atoms with van der Waals surface area (Å²) in [4.78, 5) is 11.6. The molecule has 1 aromatic carbocycles. The first-order chi connectivity index (χ1) is 8.58. The van der Waals surface area contributed by atoms with Gasteiger partial charge in [0.2, 0.25) is 5.91 Å². The summed E-state index contributed by atoms with van der Waals surface area (Å²) in [7, 11) is 0. The van der Waals surface area contributed by atoms with E-state index >= 15 is 0 Å². The average Bonchev–Trinajstić information content (AvgIpc) is 2.29. The van der Waals surface area contributed by atoms with Crippen molar-refractivity contribution in [1.29, 1.82) is 0 Å². The number of amides is 1. The molecule has 0 aromatic heterocycles. The number of hydrogen-bond donors (Lipinski definition) is 2. The molecule has 0 aliphatic carbocycles. The molecule has 0 aliphatic heterocycles. The molecule has 2 unspecified atom stereocenters. The number of aliphatic hydroxyl groups is 1. The van der Waals surface area contributed by atoms with Gasteiger partial charge in [0, 0.05) is 6.04 Å². The predicted octanol–water partition coefficient (Wildman–Crippen LogP) is 1.73. The molecule has 1 aromatic rings.